The number of alkyl carbamates (subject to hydrolysis) is 1. The largest absolute Gasteiger partial charge is 0.481 e. The van der Waals surface area contributed by atoms with Crippen molar-refractivity contribution < 1.29 is 29.3 Å². The molecule has 0 unspecified atom stereocenters. The van der Waals surface area contributed by atoms with E-state index in [4.69, 9.17) is 9.84 Å². The van der Waals surface area contributed by atoms with E-state index in [9.17, 15) is 19.5 Å². The quantitative estimate of drug-likeness (QED) is 0.669. The Morgan fingerprint density at radius 1 is 1.26 bits per heavy atom. The fourth-order valence-corrected chi connectivity index (χ4v) is 2.13. The van der Waals surface area contributed by atoms with Crippen LogP contribution in [0.1, 0.15) is 5.56 Å². The maximum absolute atomic E-state index is 12.0. The lowest BCUT2D eigenvalue weighted by atomic mass is 9.99. The van der Waals surface area contributed by atoms with Crippen molar-refractivity contribution in [3.63, 3.8) is 0 Å². The molecule has 1 aliphatic heterocycles. The predicted octanol–water partition coefficient (Wildman–Crippen LogP) is -0.183. The summed E-state index contributed by atoms with van der Waals surface area (Å²) in [6.45, 7) is -0.395. The molecule has 1 atom stereocenters. The summed E-state index contributed by atoms with van der Waals surface area (Å²) >= 11 is 0. The minimum atomic E-state index is -1.15. The van der Waals surface area contributed by atoms with Gasteiger partial charge >= 0.3 is 12.1 Å². The molecule has 1 saturated heterocycles. The molecular weight excluding hydrogens is 304 g/mol. The van der Waals surface area contributed by atoms with Crippen LogP contribution in [-0.4, -0.2) is 58.8 Å². The molecule has 23 heavy (non-hydrogen) atoms. The Labute approximate surface area is 132 Å². The zero-order valence-corrected chi connectivity index (χ0v) is 12.3. The Kier molecular flexibility index (Phi) is 5.53. The second-order valence-corrected chi connectivity index (χ2v) is 5.22. The van der Waals surface area contributed by atoms with Crippen LogP contribution in [0.25, 0.3) is 0 Å². The molecule has 0 spiro atoms. The third-order valence-corrected chi connectivity index (χ3v) is 3.53. The van der Waals surface area contributed by atoms with Gasteiger partial charge < -0.3 is 25.2 Å². The summed E-state index contributed by atoms with van der Waals surface area (Å²) in [4.78, 5) is 35.7. The van der Waals surface area contributed by atoms with Gasteiger partial charge in [-0.25, -0.2) is 4.79 Å². The van der Waals surface area contributed by atoms with Crippen LogP contribution in [0.15, 0.2) is 30.3 Å². The van der Waals surface area contributed by atoms with Gasteiger partial charge in [0.15, 0.2) is 0 Å². The van der Waals surface area contributed by atoms with Crippen LogP contribution in [0.5, 0.6) is 0 Å². The van der Waals surface area contributed by atoms with Crippen molar-refractivity contribution >= 4 is 18.0 Å². The van der Waals surface area contributed by atoms with E-state index < -0.39 is 36.5 Å². The predicted molar refractivity (Wildman–Crippen MR) is 78.3 cm³/mol. The van der Waals surface area contributed by atoms with Crippen LogP contribution >= 0.6 is 0 Å². The first-order valence-corrected chi connectivity index (χ1v) is 7.11. The van der Waals surface area contributed by atoms with E-state index in [0.29, 0.717) is 0 Å². The number of nitrogens with zero attached hydrogens (tertiary/aromatic N) is 1. The van der Waals surface area contributed by atoms with Crippen LogP contribution < -0.4 is 5.32 Å². The Hall–Kier alpha value is -2.61. The lowest BCUT2D eigenvalue weighted by molar-refractivity contribution is -0.154. The number of carbonyl (C=O) groups is 3. The smallest absolute Gasteiger partial charge is 0.408 e. The van der Waals surface area contributed by atoms with Crippen molar-refractivity contribution in [2.45, 2.75) is 12.6 Å². The summed E-state index contributed by atoms with van der Waals surface area (Å²) in [5.41, 5.74) is 0.793. The molecular formula is C15H18N2O6. The molecule has 124 valence electrons. The van der Waals surface area contributed by atoms with Crippen LogP contribution in [0.4, 0.5) is 4.79 Å². The number of hydrogen-bond donors (Lipinski definition) is 3. The van der Waals surface area contributed by atoms with E-state index in [1.165, 1.54) is 4.90 Å². The van der Waals surface area contributed by atoms with Crippen molar-refractivity contribution in [1.29, 1.82) is 0 Å². The number of nitrogens with one attached hydrogen (secondary N) is 1. The molecule has 0 saturated carbocycles. The number of carbonyl (C=O) groups excluding carboxylic acids is 2. The number of rotatable bonds is 6. The molecule has 2 amide bonds. The third kappa shape index (κ3) is 4.43. The normalized spacial score (nSPS) is 15.4. The standard InChI is InChI=1S/C15H18N2O6/c18-8-12(13(19)17-6-11(7-17)14(20)21)16-15(22)23-9-10-4-2-1-3-5-10/h1-5,11-12,18H,6-9H2,(H,16,22)(H,20,21)/t12-/m0/s1. The van der Waals surface area contributed by atoms with Gasteiger partial charge in [0.25, 0.3) is 0 Å². The molecule has 1 heterocycles. The van der Waals surface area contributed by atoms with Gasteiger partial charge in [0, 0.05) is 13.1 Å². The van der Waals surface area contributed by atoms with Crippen molar-refractivity contribution in [1.82, 2.24) is 10.2 Å². The highest BCUT2D eigenvalue weighted by atomic mass is 16.5. The number of carboxylic acids is 1. The molecule has 8 nitrogen and oxygen atoms in total. The highest BCUT2D eigenvalue weighted by Gasteiger charge is 2.38. The van der Waals surface area contributed by atoms with Crippen LogP contribution in [0.3, 0.4) is 0 Å². The molecule has 0 aromatic heterocycles. The average Bonchev–Trinajstić information content (AvgIpc) is 2.49. The first-order valence-electron chi connectivity index (χ1n) is 7.11. The molecule has 0 radical (unpaired) electrons. The first kappa shape index (κ1) is 16.8. The van der Waals surface area contributed by atoms with Gasteiger partial charge in [0.2, 0.25) is 5.91 Å². The summed E-state index contributed by atoms with van der Waals surface area (Å²) in [5, 5.41) is 20.3. The van der Waals surface area contributed by atoms with Gasteiger partial charge in [-0.15, -0.1) is 0 Å². The van der Waals surface area contributed by atoms with Crippen LogP contribution in [0.2, 0.25) is 0 Å². The fourth-order valence-electron chi connectivity index (χ4n) is 2.13. The second-order valence-electron chi connectivity index (χ2n) is 5.22. The van der Waals surface area contributed by atoms with E-state index in [-0.39, 0.29) is 19.7 Å². The van der Waals surface area contributed by atoms with Gasteiger partial charge in [0.05, 0.1) is 12.5 Å². The number of aliphatic carboxylic acids is 1. The van der Waals surface area contributed by atoms with E-state index in [2.05, 4.69) is 5.32 Å². The maximum Gasteiger partial charge on any atom is 0.408 e. The van der Waals surface area contributed by atoms with Gasteiger partial charge in [0.1, 0.15) is 12.6 Å². The number of aliphatic hydroxyl groups is 1. The van der Waals surface area contributed by atoms with E-state index in [1.807, 2.05) is 6.07 Å². The summed E-state index contributed by atoms with van der Waals surface area (Å²) in [6, 6.07) is 7.87. The maximum atomic E-state index is 12.0. The number of carboxylic acid groups (broad SMARTS) is 1. The minimum absolute atomic E-state index is 0.0455. The second kappa shape index (κ2) is 7.59. The minimum Gasteiger partial charge on any atom is -0.481 e. The van der Waals surface area contributed by atoms with Crippen LogP contribution in [0, 0.1) is 5.92 Å². The monoisotopic (exact) mass is 322 g/mol. The molecule has 0 bridgehead atoms. The van der Waals surface area contributed by atoms with E-state index in [1.54, 1.807) is 24.3 Å². The van der Waals surface area contributed by atoms with Gasteiger partial charge in [-0.3, -0.25) is 9.59 Å². The molecule has 1 aliphatic rings. The lowest BCUT2D eigenvalue weighted by Crippen LogP contribution is -2.59. The Morgan fingerprint density at radius 3 is 2.48 bits per heavy atom. The third-order valence-electron chi connectivity index (χ3n) is 3.53. The lowest BCUT2D eigenvalue weighted by Gasteiger charge is -2.38. The average molecular weight is 322 g/mol. The summed E-state index contributed by atoms with van der Waals surface area (Å²) in [6.07, 6.45) is -0.823. The Morgan fingerprint density at radius 2 is 1.91 bits per heavy atom. The van der Waals surface area contributed by atoms with Crippen LogP contribution in [-0.2, 0) is 20.9 Å². The summed E-state index contributed by atoms with van der Waals surface area (Å²) < 4.78 is 4.98. The number of aliphatic hydroxyl groups excluding tert-OH is 1. The van der Waals surface area contributed by atoms with Gasteiger partial charge in [-0.05, 0) is 5.56 Å². The van der Waals surface area contributed by atoms with Crippen molar-refractivity contribution in [3.05, 3.63) is 35.9 Å². The summed E-state index contributed by atoms with van der Waals surface area (Å²) in [5.74, 6) is -2.09. The highest BCUT2D eigenvalue weighted by molar-refractivity contribution is 5.87. The van der Waals surface area contributed by atoms with Crippen molar-refractivity contribution in [2.24, 2.45) is 5.92 Å². The molecule has 8 heteroatoms. The zero-order chi connectivity index (χ0) is 16.8. The zero-order valence-electron chi connectivity index (χ0n) is 12.3. The molecule has 3 N–H and O–H groups in total. The van der Waals surface area contributed by atoms with Crippen molar-refractivity contribution in [3.8, 4) is 0 Å². The Bertz CT molecular complexity index is 571. The van der Waals surface area contributed by atoms with Gasteiger partial charge in [-0.1, -0.05) is 30.3 Å². The molecule has 2 rings (SSSR count). The van der Waals surface area contributed by atoms with Gasteiger partial charge in [-0.2, -0.15) is 0 Å². The first-order chi connectivity index (χ1) is 11.0. The number of ether oxygens (including phenoxy) is 1. The molecule has 1 aromatic carbocycles. The van der Waals surface area contributed by atoms with E-state index >= 15 is 0 Å². The Balaban J connectivity index is 1.78. The summed E-state index contributed by atoms with van der Waals surface area (Å²) in [7, 11) is 0. The molecule has 0 aliphatic carbocycles. The number of amides is 2. The SMILES string of the molecule is O=C(N[C@@H](CO)C(=O)N1CC(C(=O)O)C1)OCc1ccccc1. The molecule has 1 aromatic rings. The molecule has 1 fully saturated rings. The number of hydrogen-bond acceptors (Lipinski definition) is 5. The fraction of sp³-hybridized carbons (Fsp3) is 0.400. The number of benzene rings is 1. The number of likely N-dealkylation sites (tertiary alicyclic amines) is 1. The van der Waals surface area contributed by atoms with E-state index in [0.717, 1.165) is 5.56 Å². The van der Waals surface area contributed by atoms with Crippen molar-refractivity contribution in [2.75, 3.05) is 19.7 Å². The highest BCUT2D eigenvalue weighted by Crippen LogP contribution is 2.16. The topological polar surface area (TPSA) is 116 Å².